The van der Waals surface area contributed by atoms with Crippen LogP contribution in [0.4, 0.5) is 5.82 Å². The molecule has 4 heterocycles. The van der Waals surface area contributed by atoms with Crippen LogP contribution >= 0.6 is 11.3 Å². The molecule has 0 aromatic carbocycles. The molecular formula is C24H28N6O4S. The van der Waals surface area contributed by atoms with Gasteiger partial charge in [-0.1, -0.05) is 6.92 Å². The van der Waals surface area contributed by atoms with E-state index in [-0.39, 0.29) is 11.5 Å². The average Bonchev–Trinajstić information content (AvgIpc) is 3.35. The topological polar surface area (TPSA) is 128 Å². The summed E-state index contributed by atoms with van der Waals surface area (Å²) in [7, 11) is 0. The summed E-state index contributed by atoms with van der Waals surface area (Å²) in [5.41, 5.74) is 1.55. The minimum Gasteiger partial charge on any atom is -0.478 e. The van der Waals surface area contributed by atoms with E-state index in [0.717, 1.165) is 49.3 Å². The Morgan fingerprint density at radius 1 is 1.34 bits per heavy atom. The van der Waals surface area contributed by atoms with Crippen LogP contribution < -0.4 is 10.2 Å². The number of amidine groups is 1. The summed E-state index contributed by atoms with van der Waals surface area (Å²) in [6.07, 6.45) is 6.57. The van der Waals surface area contributed by atoms with Gasteiger partial charge in [-0.25, -0.2) is 14.8 Å². The third kappa shape index (κ3) is 6.17. The number of amides is 1. The van der Waals surface area contributed by atoms with Crippen LogP contribution in [0.25, 0.3) is 0 Å². The van der Waals surface area contributed by atoms with Crippen LogP contribution in [0.1, 0.15) is 35.1 Å². The highest BCUT2D eigenvalue weighted by molar-refractivity contribution is 7.11. The highest BCUT2D eigenvalue weighted by Crippen LogP contribution is 2.25. The van der Waals surface area contributed by atoms with Gasteiger partial charge in [0.15, 0.2) is 10.8 Å². The number of carbonyl (C=O) groups is 3. The van der Waals surface area contributed by atoms with Gasteiger partial charge in [0.05, 0.1) is 12.1 Å². The number of carboxylic acids is 1. The van der Waals surface area contributed by atoms with Crippen molar-refractivity contribution in [2.75, 3.05) is 37.6 Å². The molecule has 2 unspecified atom stereocenters. The van der Waals surface area contributed by atoms with Gasteiger partial charge in [-0.15, -0.1) is 11.3 Å². The summed E-state index contributed by atoms with van der Waals surface area (Å²) in [6.45, 7) is 5.22. The van der Waals surface area contributed by atoms with E-state index in [9.17, 15) is 14.4 Å². The van der Waals surface area contributed by atoms with E-state index in [1.54, 1.807) is 12.3 Å². The monoisotopic (exact) mass is 496 g/mol. The van der Waals surface area contributed by atoms with Crippen molar-refractivity contribution in [2.24, 2.45) is 16.8 Å². The number of rotatable bonds is 9. The smallest absolute Gasteiger partial charge is 0.337 e. The predicted molar refractivity (Wildman–Crippen MR) is 133 cm³/mol. The normalized spacial score (nSPS) is 21.0. The lowest BCUT2D eigenvalue weighted by Crippen LogP contribution is -2.40. The minimum atomic E-state index is -1.06. The molecule has 0 bridgehead atoms. The number of likely N-dealkylation sites (tertiary alicyclic amines) is 1. The molecule has 2 atom stereocenters. The molecule has 0 spiro atoms. The van der Waals surface area contributed by atoms with Crippen molar-refractivity contribution in [1.29, 1.82) is 0 Å². The Labute approximate surface area is 207 Å². The summed E-state index contributed by atoms with van der Waals surface area (Å²) < 4.78 is 0. The number of nitrogens with one attached hydrogen (secondary N) is 1. The lowest BCUT2D eigenvalue weighted by Gasteiger charge is -2.29. The van der Waals surface area contributed by atoms with Crippen molar-refractivity contribution >= 4 is 41.7 Å². The second-order valence-corrected chi connectivity index (χ2v) is 9.84. The molecule has 11 heteroatoms. The maximum absolute atomic E-state index is 11.9. The SMILES string of the molecule is CC1CCN(CC2=C(C=O)CN=C(c3nccs3)N2)CC(CN(C=O)c2ccc(C(=O)O)cn2)C1. The molecule has 2 N–H and O–H groups in total. The lowest BCUT2D eigenvalue weighted by atomic mass is 9.95. The molecule has 35 heavy (non-hydrogen) atoms. The Hall–Kier alpha value is -3.44. The molecule has 1 saturated heterocycles. The van der Waals surface area contributed by atoms with Gasteiger partial charge in [0.25, 0.3) is 0 Å². The number of hydrogen-bond donors (Lipinski definition) is 2. The predicted octanol–water partition coefficient (Wildman–Crippen LogP) is 2.05. The summed E-state index contributed by atoms with van der Waals surface area (Å²) in [6, 6.07) is 3.01. The van der Waals surface area contributed by atoms with Gasteiger partial charge in [-0.3, -0.25) is 24.4 Å². The number of thiazole rings is 1. The fourth-order valence-electron chi connectivity index (χ4n) is 4.50. The second-order valence-electron chi connectivity index (χ2n) is 8.95. The molecule has 0 saturated carbocycles. The number of nitrogens with zero attached hydrogens (tertiary/aromatic N) is 5. The molecule has 1 fully saturated rings. The van der Waals surface area contributed by atoms with Gasteiger partial charge in [-0.05, 0) is 43.4 Å². The number of pyridine rings is 1. The quantitative estimate of drug-likeness (QED) is 0.505. The first-order valence-corrected chi connectivity index (χ1v) is 12.4. The van der Waals surface area contributed by atoms with Crippen molar-refractivity contribution in [3.05, 3.63) is 51.7 Å². The third-order valence-electron chi connectivity index (χ3n) is 6.28. The standard InChI is InChI=1S/C24H28N6O4S/c1-16-4-6-29(13-20-19(14-31)10-27-22(28-20)23-25-5-7-35-23)11-17(8-16)12-30(15-32)21-3-2-18(9-26-21)24(33)34/h2-3,5,7,9,14-17H,4,6,8,10-13H2,1H3,(H,27,28)(H,33,34). The summed E-state index contributed by atoms with van der Waals surface area (Å²) in [5, 5.41) is 15.1. The molecular weight excluding hydrogens is 468 g/mol. The van der Waals surface area contributed by atoms with Crippen molar-refractivity contribution < 1.29 is 19.5 Å². The molecule has 2 aromatic rings. The molecule has 1 amide bonds. The molecule has 0 radical (unpaired) electrons. The average molecular weight is 497 g/mol. The Morgan fingerprint density at radius 2 is 2.20 bits per heavy atom. The second kappa shape index (κ2) is 11.3. The van der Waals surface area contributed by atoms with E-state index in [0.29, 0.717) is 42.8 Å². The molecule has 4 rings (SSSR count). The van der Waals surface area contributed by atoms with E-state index in [2.05, 4.69) is 32.1 Å². The zero-order valence-corrected chi connectivity index (χ0v) is 20.3. The van der Waals surface area contributed by atoms with E-state index in [1.165, 1.54) is 28.5 Å². The number of hydrogen-bond acceptors (Lipinski definition) is 9. The van der Waals surface area contributed by atoms with Crippen LogP contribution in [0.15, 0.2) is 46.2 Å². The first-order valence-electron chi connectivity index (χ1n) is 11.5. The summed E-state index contributed by atoms with van der Waals surface area (Å²) in [5.74, 6) is 0.723. The zero-order valence-electron chi connectivity index (χ0n) is 19.5. The van der Waals surface area contributed by atoms with Crippen LogP contribution in [0.5, 0.6) is 0 Å². The Balaban J connectivity index is 1.45. The largest absolute Gasteiger partial charge is 0.478 e. The number of aliphatic imine (C=N–C) groups is 1. The van der Waals surface area contributed by atoms with Crippen LogP contribution in [0.2, 0.25) is 0 Å². The first-order chi connectivity index (χ1) is 17.0. The van der Waals surface area contributed by atoms with Gasteiger partial charge in [0.1, 0.15) is 12.1 Å². The molecule has 184 valence electrons. The summed E-state index contributed by atoms with van der Waals surface area (Å²) >= 11 is 1.49. The highest BCUT2D eigenvalue weighted by atomic mass is 32.1. The number of carboxylic acid groups (broad SMARTS) is 1. The molecule has 10 nitrogen and oxygen atoms in total. The number of aldehydes is 1. The first kappa shape index (κ1) is 24.7. The van der Waals surface area contributed by atoms with Crippen molar-refractivity contribution in [1.82, 2.24) is 20.2 Å². The number of carbonyl (C=O) groups excluding carboxylic acids is 2. The van der Waals surface area contributed by atoms with Gasteiger partial charge in [-0.2, -0.15) is 0 Å². The zero-order chi connectivity index (χ0) is 24.8. The molecule has 2 aromatic heterocycles. The van der Waals surface area contributed by atoms with Crippen LogP contribution in [-0.2, 0) is 9.59 Å². The van der Waals surface area contributed by atoms with E-state index >= 15 is 0 Å². The number of aromatic carboxylic acids is 1. The van der Waals surface area contributed by atoms with Gasteiger partial charge >= 0.3 is 5.97 Å². The lowest BCUT2D eigenvalue weighted by molar-refractivity contribution is -0.107. The maximum atomic E-state index is 11.9. The number of anilines is 1. The minimum absolute atomic E-state index is 0.0776. The van der Waals surface area contributed by atoms with Crippen molar-refractivity contribution in [3.63, 3.8) is 0 Å². The van der Waals surface area contributed by atoms with Gasteiger partial charge < -0.3 is 10.4 Å². The van der Waals surface area contributed by atoms with Crippen LogP contribution in [0.3, 0.4) is 0 Å². The van der Waals surface area contributed by atoms with Crippen molar-refractivity contribution in [3.8, 4) is 0 Å². The third-order valence-corrected chi connectivity index (χ3v) is 7.06. The fraction of sp³-hybridized carbons (Fsp3) is 0.417. The fourth-order valence-corrected chi connectivity index (χ4v) is 5.10. The van der Waals surface area contributed by atoms with E-state index < -0.39 is 5.97 Å². The van der Waals surface area contributed by atoms with Crippen LogP contribution in [-0.4, -0.2) is 77.2 Å². The Kier molecular flexibility index (Phi) is 7.98. The summed E-state index contributed by atoms with van der Waals surface area (Å²) in [4.78, 5) is 51.5. The Morgan fingerprint density at radius 3 is 2.86 bits per heavy atom. The van der Waals surface area contributed by atoms with Crippen molar-refractivity contribution in [2.45, 2.75) is 19.8 Å². The van der Waals surface area contributed by atoms with E-state index in [1.807, 2.05) is 5.38 Å². The van der Waals surface area contributed by atoms with E-state index in [4.69, 9.17) is 5.11 Å². The Bertz CT molecular complexity index is 1120. The highest BCUT2D eigenvalue weighted by Gasteiger charge is 2.27. The molecule has 0 aliphatic carbocycles. The maximum Gasteiger partial charge on any atom is 0.337 e. The number of aromatic nitrogens is 2. The molecule has 2 aliphatic rings. The van der Waals surface area contributed by atoms with Crippen LogP contribution in [0, 0.1) is 11.8 Å². The van der Waals surface area contributed by atoms with Gasteiger partial charge in [0.2, 0.25) is 6.41 Å². The van der Waals surface area contributed by atoms with Gasteiger partial charge in [0, 0.05) is 48.7 Å². The molecule has 2 aliphatic heterocycles.